The van der Waals surface area contributed by atoms with E-state index in [1.807, 2.05) is 42.5 Å². The van der Waals surface area contributed by atoms with E-state index in [1.54, 1.807) is 0 Å². The Morgan fingerprint density at radius 1 is 1.07 bits per heavy atom. The van der Waals surface area contributed by atoms with Crippen LogP contribution in [0.4, 0.5) is 4.39 Å². The largest absolute Gasteiger partial charge is 0.324 e. The van der Waals surface area contributed by atoms with Crippen molar-refractivity contribution < 1.29 is 4.39 Å². The molecule has 0 fully saturated rings. The minimum Gasteiger partial charge on any atom is -0.324 e. The molecule has 2 rings (SSSR count). The highest BCUT2D eigenvalue weighted by molar-refractivity contribution is 5.86. The normalized spacial score (nSPS) is 12.9. The van der Waals surface area contributed by atoms with Crippen molar-refractivity contribution in [3.05, 3.63) is 48.0 Å². The molecule has 2 heteroatoms. The van der Waals surface area contributed by atoms with Gasteiger partial charge in [0.25, 0.3) is 0 Å². The lowest BCUT2D eigenvalue weighted by Crippen LogP contribution is -2.11. The predicted octanol–water partition coefficient (Wildman–Crippen LogP) is 3.20. The molecule has 0 radical (unpaired) electrons. The molecule has 0 saturated heterocycles. The maximum Gasteiger partial charge on any atom is 0.0912 e. The zero-order valence-corrected chi connectivity index (χ0v) is 8.49. The first-order valence-electron chi connectivity index (χ1n) is 5.12. The molecule has 78 valence electrons. The zero-order valence-electron chi connectivity index (χ0n) is 8.49. The smallest absolute Gasteiger partial charge is 0.0912 e. The molecule has 2 aromatic carbocycles. The first kappa shape index (κ1) is 10.1. The molecule has 0 aliphatic carbocycles. The van der Waals surface area contributed by atoms with Gasteiger partial charge in [-0.15, -0.1) is 0 Å². The van der Waals surface area contributed by atoms with E-state index in [-0.39, 0.29) is 12.7 Å². The molecule has 0 bridgehead atoms. The van der Waals surface area contributed by atoms with Gasteiger partial charge in [0.05, 0.1) is 6.67 Å². The molecule has 0 aliphatic rings. The number of nitrogens with two attached hydrogens (primary N) is 1. The van der Waals surface area contributed by atoms with Crippen LogP contribution < -0.4 is 5.73 Å². The maximum atomic E-state index is 12.2. The lowest BCUT2D eigenvalue weighted by atomic mass is 9.98. The number of halogens is 1. The molecular weight excluding hydrogens is 189 g/mol. The number of hydrogen-bond donors (Lipinski definition) is 1. The number of alkyl halides is 1. The van der Waals surface area contributed by atoms with E-state index in [0.717, 1.165) is 16.3 Å². The van der Waals surface area contributed by atoms with Gasteiger partial charge in [-0.1, -0.05) is 42.5 Å². The van der Waals surface area contributed by atoms with Crippen LogP contribution >= 0.6 is 0 Å². The quantitative estimate of drug-likeness (QED) is 0.814. The second-order valence-electron chi connectivity index (χ2n) is 3.65. The van der Waals surface area contributed by atoms with Crippen LogP contribution in [0.15, 0.2) is 42.5 Å². The summed E-state index contributed by atoms with van der Waals surface area (Å²) in [6.07, 6.45) is 0.383. The summed E-state index contributed by atoms with van der Waals surface area (Å²) >= 11 is 0. The Kier molecular flexibility index (Phi) is 2.97. The molecular formula is C13H14FN. The van der Waals surface area contributed by atoms with E-state index in [9.17, 15) is 4.39 Å². The van der Waals surface area contributed by atoms with Crippen LogP contribution in [0.1, 0.15) is 18.0 Å². The summed E-state index contributed by atoms with van der Waals surface area (Å²) < 4.78 is 12.2. The van der Waals surface area contributed by atoms with Crippen molar-refractivity contribution in [3.8, 4) is 0 Å². The van der Waals surface area contributed by atoms with Gasteiger partial charge in [0.2, 0.25) is 0 Å². The first-order valence-corrected chi connectivity index (χ1v) is 5.12. The number of benzene rings is 2. The standard InChI is InChI=1S/C13H14FN/c14-9-8-13(15)12-7-3-5-10-4-1-2-6-11(10)12/h1-7,13H,8-9,15H2/t13-/m1/s1. The summed E-state index contributed by atoms with van der Waals surface area (Å²) in [6, 6.07) is 13.8. The number of hydrogen-bond acceptors (Lipinski definition) is 1. The van der Waals surface area contributed by atoms with Crippen LogP contribution in [0, 0.1) is 0 Å². The van der Waals surface area contributed by atoms with E-state index < -0.39 is 0 Å². The Morgan fingerprint density at radius 2 is 1.80 bits per heavy atom. The summed E-state index contributed by atoms with van der Waals surface area (Å²) in [5, 5.41) is 2.28. The monoisotopic (exact) mass is 203 g/mol. The Morgan fingerprint density at radius 3 is 2.60 bits per heavy atom. The van der Waals surface area contributed by atoms with Gasteiger partial charge < -0.3 is 5.73 Å². The molecule has 0 amide bonds. The van der Waals surface area contributed by atoms with Gasteiger partial charge in [-0.05, 0) is 22.8 Å². The van der Waals surface area contributed by atoms with Crippen LogP contribution in [-0.4, -0.2) is 6.67 Å². The van der Waals surface area contributed by atoms with Crippen molar-refractivity contribution in [3.63, 3.8) is 0 Å². The molecule has 2 N–H and O–H groups in total. The molecule has 0 aliphatic heterocycles. The molecule has 0 unspecified atom stereocenters. The number of rotatable bonds is 3. The van der Waals surface area contributed by atoms with Crippen LogP contribution in [-0.2, 0) is 0 Å². The van der Waals surface area contributed by atoms with Crippen molar-refractivity contribution in [2.75, 3.05) is 6.67 Å². The van der Waals surface area contributed by atoms with E-state index >= 15 is 0 Å². The highest BCUT2D eigenvalue weighted by atomic mass is 19.1. The number of fused-ring (bicyclic) bond motifs is 1. The Balaban J connectivity index is 2.50. The fourth-order valence-corrected chi connectivity index (χ4v) is 1.85. The SMILES string of the molecule is N[C@H](CCF)c1cccc2ccccc12. The average molecular weight is 203 g/mol. The van der Waals surface area contributed by atoms with Crippen LogP contribution in [0.5, 0.6) is 0 Å². The fraction of sp³-hybridized carbons (Fsp3) is 0.231. The van der Waals surface area contributed by atoms with Gasteiger partial charge in [0.1, 0.15) is 0 Å². The Labute approximate surface area is 88.7 Å². The lowest BCUT2D eigenvalue weighted by Gasteiger charge is -2.12. The van der Waals surface area contributed by atoms with Gasteiger partial charge in [-0.25, -0.2) is 0 Å². The van der Waals surface area contributed by atoms with E-state index in [4.69, 9.17) is 5.73 Å². The molecule has 0 saturated carbocycles. The predicted molar refractivity (Wildman–Crippen MR) is 61.5 cm³/mol. The third-order valence-electron chi connectivity index (χ3n) is 2.64. The third-order valence-corrected chi connectivity index (χ3v) is 2.64. The second kappa shape index (κ2) is 4.41. The zero-order chi connectivity index (χ0) is 10.7. The van der Waals surface area contributed by atoms with Gasteiger partial charge in [0.15, 0.2) is 0 Å². The molecule has 0 spiro atoms. The fourth-order valence-electron chi connectivity index (χ4n) is 1.85. The topological polar surface area (TPSA) is 26.0 Å². The van der Waals surface area contributed by atoms with Crippen molar-refractivity contribution in [1.82, 2.24) is 0 Å². The molecule has 1 nitrogen and oxygen atoms in total. The summed E-state index contributed by atoms with van der Waals surface area (Å²) in [4.78, 5) is 0. The third kappa shape index (κ3) is 2.00. The summed E-state index contributed by atoms with van der Waals surface area (Å²) in [5.41, 5.74) is 6.96. The molecule has 0 aromatic heterocycles. The average Bonchev–Trinajstić information content (AvgIpc) is 2.28. The van der Waals surface area contributed by atoms with Crippen molar-refractivity contribution >= 4 is 10.8 Å². The van der Waals surface area contributed by atoms with Gasteiger partial charge in [0, 0.05) is 6.04 Å². The maximum absolute atomic E-state index is 12.2. The van der Waals surface area contributed by atoms with Gasteiger partial charge >= 0.3 is 0 Å². The van der Waals surface area contributed by atoms with Crippen molar-refractivity contribution in [2.24, 2.45) is 5.73 Å². The lowest BCUT2D eigenvalue weighted by molar-refractivity contribution is 0.443. The summed E-state index contributed by atoms with van der Waals surface area (Å²) in [6.45, 7) is -0.371. The molecule has 2 aromatic rings. The molecule has 15 heavy (non-hydrogen) atoms. The van der Waals surface area contributed by atoms with Gasteiger partial charge in [-0.3, -0.25) is 4.39 Å². The van der Waals surface area contributed by atoms with E-state index in [0.29, 0.717) is 6.42 Å². The van der Waals surface area contributed by atoms with Crippen LogP contribution in [0.2, 0.25) is 0 Å². The van der Waals surface area contributed by atoms with E-state index in [1.165, 1.54) is 0 Å². The highest BCUT2D eigenvalue weighted by Crippen LogP contribution is 2.24. The van der Waals surface area contributed by atoms with Crippen molar-refractivity contribution in [2.45, 2.75) is 12.5 Å². The summed E-state index contributed by atoms with van der Waals surface area (Å²) in [7, 11) is 0. The Hall–Kier alpha value is -1.41. The summed E-state index contributed by atoms with van der Waals surface area (Å²) in [5.74, 6) is 0. The van der Waals surface area contributed by atoms with Gasteiger partial charge in [-0.2, -0.15) is 0 Å². The minimum atomic E-state index is -0.371. The van der Waals surface area contributed by atoms with Crippen molar-refractivity contribution in [1.29, 1.82) is 0 Å². The highest BCUT2D eigenvalue weighted by Gasteiger charge is 2.08. The molecule has 1 atom stereocenters. The van der Waals surface area contributed by atoms with E-state index in [2.05, 4.69) is 0 Å². The van der Waals surface area contributed by atoms with Crippen LogP contribution in [0.3, 0.4) is 0 Å². The second-order valence-corrected chi connectivity index (χ2v) is 3.65. The minimum absolute atomic E-state index is 0.207. The van der Waals surface area contributed by atoms with Crippen LogP contribution in [0.25, 0.3) is 10.8 Å². The molecule has 0 heterocycles. The first-order chi connectivity index (χ1) is 7.33. The Bertz CT molecular complexity index is 448.